The molecule has 0 spiro atoms. The van der Waals surface area contributed by atoms with Crippen molar-refractivity contribution < 1.29 is 0 Å². The molecule has 0 aliphatic heterocycles. The van der Waals surface area contributed by atoms with Gasteiger partial charge in [-0.15, -0.1) is 0 Å². The van der Waals surface area contributed by atoms with Crippen LogP contribution in [-0.2, 0) is 0 Å². The molecule has 0 aliphatic rings. The predicted octanol–water partition coefficient (Wildman–Crippen LogP) is 2.99. The van der Waals surface area contributed by atoms with Gasteiger partial charge in [-0.3, -0.25) is 0 Å². The zero-order valence-corrected chi connectivity index (χ0v) is 11.5. The highest BCUT2D eigenvalue weighted by Gasteiger charge is 2.25. The first-order valence-electron chi connectivity index (χ1n) is 5.94. The minimum atomic E-state index is -0.00152. The number of nitrogen functional groups attached to an aromatic ring is 1. The third-order valence-corrected chi connectivity index (χ3v) is 2.34. The Bertz CT molecular complexity index is 366. The highest BCUT2D eigenvalue weighted by atomic mass is 15.3. The van der Waals surface area contributed by atoms with E-state index in [0.29, 0.717) is 5.82 Å². The number of nitrogens with zero attached hydrogens (tertiary/aromatic N) is 1. The summed E-state index contributed by atoms with van der Waals surface area (Å²) >= 11 is 0. The topological polar surface area (TPSA) is 63.0 Å². The Balaban J connectivity index is 2.75. The summed E-state index contributed by atoms with van der Waals surface area (Å²) in [5.41, 5.74) is 2.83. The zero-order chi connectivity index (χ0) is 13.1. The number of aromatic nitrogens is 1. The summed E-state index contributed by atoms with van der Waals surface area (Å²) in [6.07, 6.45) is 1.06. The van der Waals surface area contributed by atoms with Crippen LogP contribution in [0, 0.1) is 5.41 Å². The van der Waals surface area contributed by atoms with Gasteiger partial charge in [0.25, 0.3) is 0 Å². The second-order valence-corrected chi connectivity index (χ2v) is 6.30. The summed E-state index contributed by atoms with van der Waals surface area (Å²) in [6, 6.07) is 5.71. The third kappa shape index (κ3) is 5.04. The van der Waals surface area contributed by atoms with E-state index in [1.165, 1.54) is 0 Å². The van der Waals surface area contributed by atoms with Crippen LogP contribution in [0.4, 0.5) is 11.6 Å². The second-order valence-electron chi connectivity index (χ2n) is 6.30. The van der Waals surface area contributed by atoms with Gasteiger partial charge in [0.1, 0.15) is 11.6 Å². The van der Waals surface area contributed by atoms with Crippen LogP contribution in [0.25, 0.3) is 0 Å². The fourth-order valence-electron chi connectivity index (χ4n) is 2.30. The van der Waals surface area contributed by atoms with E-state index in [-0.39, 0.29) is 11.0 Å². The van der Waals surface area contributed by atoms with Crippen LogP contribution in [0.2, 0.25) is 0 Å². The second kappa shape index (κ2) is 4.92. The minimum absolute atomic E-state index is 0.00152. The van der Waals surface area contributed by atoms with Crippen LogP contribution >= 0.6 is 0 Å². The van der Waals surface area contributed by atoms with Gasteiger partial charge in [0, 0.05) is 5.54 Å². The zero-order valence-electron chi connectivity index (χ0n) is 11.5. The Labute approximate surface area is 104 Å². The first kappa shape index (κ1) is 13.8. The summed E-state index contributed by atoms with van der Waals surface area (Å²) in [6.45, 7) is 11.1. The standard InChI is InChI=1S/C13H24N4/c1-12(2,3)9-13(4,5)16-10-7-6-8-11(15-10)17-14/h6-8H,9,14H2,1-5H3,(H2,15,16,17). The van der Waals surface area contributed by atoms with E-state index in [1.807, 2.05) is 18.2 Å². The third-order valence-electron chi connectivity index (χ3n) is 2.34. The van der Waals surface area contributed by atoms with E-state index in [9.17, 15) is 0 Å². The number of rotatable bonds is 4. The molecule has 1 rings (SSSR count). The molecular weight excluding hydrogens is 212 g/mol. The number of hydrazine groups is 1. The van der Waals surface area contributed by atoms with Crippen molar-refractivity contribution in [2.24, 2.45) is 11.3 Å². The summed E-state index contributed by atoms with van der Waals surface area (Å²) < 4.78 is 0. The van der Waals surface area contributed by atoms with Gasteiger partial charge in [0.05, 0.1) is 0 Å². The monoisotopic (exact) mass is 236 g/mol. The van der Waals surface area contributed by atoms with Crippen LogP contribution < -0.4 is 16.6 Å². The van der Waals surface area contributed by atoms with Gasteiger partial charge in [-0.25, -0.2) is 10.8 Å². The first-order valence-corrected chi connectivity index (χ1v) is 5.94. The molecule has 96 valence electrons. The van der Waals surface area contributed by atoms with Gasteiger partial charge >= 0.3 is 0 Å². The van der Waals surface area contributed by atoms with Gasteiger partial charge in [-0.2, -0.15) is 0 Å². The molecule has 0 fully saturated rings. The molecule has 0 radical (unpaired) electrons. The van der Waals surface area contributed by atoms with Crippen molar-refractivity contribution in [2.75, 3.05) is 10.7 Å². The molecule has 4 nitrogen and oxygen atoms in total. The van der Waals surface area contributed by atoms with Gasteiger partial charge < -0.3 is 10.7 Å². The lowest BCUT2D eigenvalue weighted by atomic mass is 9.82. The molecule has 17 heavy (non-hydrogen) atoms. The number of nitrogens with one attached hydrogen (secondary N) is 2. The van der Waals surface area contributed by atoms with Gasteiger partial charge in [-0.05, 0) is 37.8 Å². The van der Waals surface area contributed by atoms with E-state index in [2.05, 4.69) is 50.3 Å². The molecule has 0 aliphatic carbocycles. The van der Waals surface area contributed by atoms with Crippen molar-refractivity contribution in [3.05, 3.63) is 18.2 Å². The summed E-state index contributed by atoms with van der Waals surface area (Å²) in [4.78, 5) is 4.36. The number of anilines is 2. The summed E-state index contributed by atoms with van der Waals surface area (Å²) in [5, 5.41) is 3.44. The fourth-order valence-corrected chi connectivity index (χ4v) is 2.30. The largest absolute Gasteiger partial charge is 0.365 e. The average molecular weight is 236 g/mol. The molecular formula is C13H24N4. The highest BCUT2D eigenvalue weighted by molar-refractivity contribution is 5.45. The molecule has 0 saturated heterocycles. The van der Waals surface area contributed by atoms with E-state index < -0.39 is 0 Å². The predicted molar refractivity (Wildman–Crippen MR) is 73.8 cm³/mol. The number of nitrogens with two attached hydrogens (primary N) is 1. The normalized spacial score (nSPS) is 12.4. The van der Waals surface area contributed by atoms with Crippen molar-refractivity contribution >= 4 is 11.6 Å². The molecule has 0 amide bonds. The smallest absolute Gasteiger partial charge is 0.142 e. The van der Waals surface area contributed by atoms with E-state index in [0.717, 1.165) is 12.2 Å². The van der Waals surface area contributed by atoms with Crippen molar-refractivity contribution in [1.82, 2.24) is 4.98 Å². The maximum Gasteiger partial charge on any atom is 0.142 e. The van der Waals surface area contributed by atoms with Crippen LogP contribution in [0.5, 0.6) is 0 Å². The molecule has 0 aromatic carbocycles. The Morgan fingerprint density at radius 2 is 1.71 bits per heavy atom. The van der Waals surface area contributed by atoms with Gasteiger partial charge in [0.2, 0.25) is 0 Å². The van der Waals surface area contributed by atoms with Crippen molar-refractivity contribution in [3.8, 4) is 0 Å². The molecule has 4 heteroatoms. The average Bonchev–Trinajstić information content (AvgIpc) is 2.13. The SMILES string of the molecule is CC(C)(C)CC(C)(C)Nc1cccc(NN)n1. The van der Waals surface area contributed by atoms with E-state index >= 15 is 0 Å². The molecule has 4 N–H and O–H groups in total. The fraction of sp³-hybridized carbons (Fsp3) is 0.615. The lowest BCUT2D eigenvalue weighted by molar-refractivity contribution is 0.302. The molecule has 0 bridgehead atoms. The minimum Gasteiger partial charge on any atom is -0.365 e. The molecule has 1 aromatic rings. The molecule has 0 atom stereocenters. The van der Waals surface area contributed by atoms with Gasteiger partial charge in [0.15, 0.2) is 0 Å². The Morgan fingerprint density at radius 1 is 1.12 bits per heavy atom. The summed E-state index contributed by atoms with van der Waals surface area (Å²) in [5.74, 6) is 6.85. The van der Waals surface area contributed by atoms with Gasteiger partial charge in [-0.1, -0.05) is 26.8 Å². The molecule has 1 heterocycles. The van der Waals surface area contributed by atoms with Crippen molar-refractivity contribution in [2.45, 2.75) is 46.6 Å². The number of pyridine rings is 1. The Kier molecular flexibility index (Phi) is 3.98. The van der Waals surface area contributed by atoms with E-state index in [4.69, 9.17) is 5.84 Å². The Hall–Kier alpha value is -1.29. The molecule has 1 aromatic heterocycles. The Morgan fingerprint density at radius 3 is 2.24 bits per heavy atom. The quantitative estimate of drug-likeness (QED) is 0.555. The van der Waals surface area contributed by atoms with Crippen molar-refractivity contribution in [3.63, 3.8) is 0 Å². The number of hydrogen-bond donors (Lipinski definition) is 3. The lowest BCUT2D eigenvalue weighted by Crippen LogP contribution is -2.35. The van der Waals surface area contributed by atoms with Crippen molar-refractivity contribution in [1.29, 1.82) is 0 Å². The highest BCUT2D eigenvalue weighted by Crippen LogP contribution is 2.29. The van der Waals surface area contributed by atoms with Crippen LogP contribution in [0.15, 0.2) is 18.2 Å². The molecule has 0 saturated carbocycles. The maximum atomic E-state index is 5.34. The van der Waals surface area contributed by atoms with Crippen LogP contribution in [-0.4, -0.2) is 10.5 Å². The first-order chi connectivity index (χ1) is 7.72. The van der Waals surface area contributed by atoms with Crippen LogP contribution in [0.1, 0.15) is 41.0 Å². The number of hydrogen-bond acceptors (Lipinski definition) is 4. The summed E-state index contributed by atoms with van der Waals surface area (Å²) in [7, 11) is 0. The lowest BCUT2D eigenvalue weighted by Gasteiger charge is -2.33. The van der Waals surface area contributed by atoms with Crippen LogP contribution in [0.3, 0.4) is 0 Å². The molecule has 0 unspecified atom stereocenters. The maximum absolute atomic E-state index is 5.34. The van der Waals surface area contributed by atoms with E-state index in [1.54, 1.807) is 0 Å².